The first-order valence-electron chi connectivity index (χ1n) is 11.8. The van der Waals surface area contributed by atoms with E-state index in [1.165, 1.54) is 0 Å². The predicted octanol–water partition coefficient (Wildman–Crippen LogP) is 3.55. The molecule has 2 aliphatic rings. The number of rotatable bonds is 6. The van der Waals surface area contributed by atoms with Crippen molar-refractivity contribution >= 4 is 34.2 Å². The minimum Gasteiger partial charge on any atom is -0.381 e. The Hall–Kier alpha value is -3.71. The topological polar surface area (TPSA) is 115 Å². The quantitative estimate of drug-likeness (QED) is 0.468. The highest BCUT2D eigenvalue weighted by molar-refractivity contribution is 6.31. The Morgan fingerprint density at radius 1 is 1.28 bits per heavy atom. The second kappa shape index (κ2) is 10.5. The van der Waals surface area contributed by atoms with E-state index in [-0.39, 0.29) is 5.91 Å². The van der Waals surface area contributed by atoms with E-state index >= 15 is 0 Å². The Labute approximate surface area is 214 Å². The third-order valence-electron chi connectivity index (χ3n) is 6.42. The molecule has 9 nitrogen and oxygen atoms in total. The number of benzene rings is 1. The molecule has 0 unspecified atom stereocenters. The van der Waals surface area contributed by atoms with Crippen LogP contribution in [0.3, 0.4) is 0 Å². The van der Waals surface area contributed by atoms with E-state index in [0.717, 1.165) is 48.5 Å². The molecule has 0 spiro atoms. The Balaban J connectivity index is 1.41. The second-order valence-electron chi connectivity index (χ2n) is 8.80. The number of pyridine rings is 2. The number of carbonyl (C=O) groups excluding carboxylic acids is 1. The lowest BCUT2D eigenvalue weighted by Gasteiger charge is -2.26. The number of anilines is 1. The van der Waals surface area contributed by atoms with Gasteiger partial charge in [-0.05, 0) is 48.7 Å². The number of ether oxygens (including phenoxy) is 1. The first-order valence-corrected chi connectivity index (χ1v) is 12.2. The van der Waals surface area contributed by atoms with Gasteiger partial charge in [-0.3, -0.25) is 4.79 Å². The lowest BCUT2D eigenvalue weighted by atomic mass is 10.0. The highest BCUT2D eigenvalue weighted by Gasteiger charge is 2.26. The molecule has 1 saturated heterocycles. The van der Waals surface area contributed by atoms with Crippen molar-refractivity contribution in [3.63, 3.8) is 0 Å². The molecule has 3 N–H and O–H groups in total. The van der Waals surface area contributed by atoms with Gasteiger partial charge in [-0.2, -0.15) is 5.26 Å². The zero-order chi connectivity index (χ0) is 25.1. The number of nitrogens with one attached hydrogen (secondary N) is 3. The Kier molecular flexibility index (Phi) is 7.00. The molecule has 1 atom stereocenters. The van der Waals surface area contributed by atoms with Gasteiger partial charge in [0.05, 0.1) is 27.8 Å². The summed E-state index contributed by atoms with van der Waals surface area (Å²) in [7, 11) is 1.89. The van der Waals surface area contributed by atoms with Crippen LogP contribution < -0.4 is 16.1 Å². The molecular formula is C26H26ClN7O2. The van der Waals surface area contributed by atoms with E-state index in [2.05, 4.69) is 32.1 Å². The summed E-state index contributed by atoms with van der Waals surface area (Å²) in [5, 5.41) is 18.8. The third kappa shape index (κ3) is 5.11. The number of likely N-dealkylation sites (N-methyl/N-ethyl adjacent to an activating group) is 1. The number of fused-ring (bicyclic) bond motifs is 1. The van der Waals surface area contributed by atoms with Gasteiger partial charge in [-0.1, -0.05) is 17.7 Å². The van der Waals surface area contributed by atoms with E-state index < -0.39 is 6.04 Å². The molecule has 36 heavy (non-hydrogen) atoms. The molecule has 1 amide bonds. The summed E-state index contributed by atoms with van der Waals surface area (Å²) < 4.78 is 5.43. The van der Waals surface area contributed by atoms with Crippen LogP contribution in [-0.2, 0) is 4.74 Å². The van der Waals surface area contributed by atoms with Gasteiger partial charge in [-0.15, -0.1) is 0 Å². The summed E-state index contributed by atoms with van der Waals surface area (Å²) in [6.45, 7) is 2.12. The maximum Gasteiger partial charge on any atom is 0.270 e. The molecule has 1 fully saturated rings. The van der Waals surface area contributed by atoms with Crippen molar-refractivity contribution in [2.75, 3.05) is 32.1 Å². The summed E-state index contributed by atoms with van der Waals surface area (Å²) in [6.07, 6.45) is 5.62. The summed E-state index contributed by atoms with van der Waals surface area (Å²) in [5.41, 5.74) is 6.20. The maximum absolute atomic E-state index is 13.4. The van der Waals surface area contributed by atoms with Gasteiger partial charge >= 0.3 is 0 Å². The van der Waals surface area contributed by atoms with E-state index in [0.29, 0.717) is 34.4 Å². The standard InChI is InChI=1S/C26H26ClN7O2/c1-34-23(6-9-30-34)25(16-2-3-17(14-28)20(27)12-16)33-26(35)21-5-4-18-15-29-24(13-22(18)32-21)31-19-7-10-36-11-8-19/h2-6,12-13,15,19,25,30H,7-11H2,1H3,(H,29,31)(H,33,35)/t25-/m0/s1. The molecule has 0 saturated carbocycles. The second-order valence-corrected chi connectivity index (χ2v) is 9.20. The van der Waals surface area contributed by atoms with Crippen molar-refractivity contribution < 1.29 is 9.53 Å². The zero-order valence-electron chi connectivity index (χ0n) is 19.8. The molecular weight excluding hydrogens is 478 g/mol. The summed E-state index contributed by atoms with van der Waals surface area (Å²) in [5.74, 6) is 0.410. The van der Waals surface area contributed by atoms with E-state index in [4.69, 9.17) is 16.3 Å². The molecule has 2 aromatic heterocycles. The van der Waals surface area contributed by atoms with Crippen LogP contribution in [0.1, 0.15) is 40.5 Å². The third-order valence-corrected chi connectivity index (χ3v) is 6.74. The fourth-order valence-electron chi connectivity index (χ4n) is 4.43. The van der Waals surface area contributed by atoms with Gasteiger partial charge in [-0.25, -0.2) is 15.4 Å². The number of nitriles is 1. The van der Waals surface area contributed by atoms with E-state index in [1.54, 1.807) is 30.5 Å². The van der Waals surface area contributed by atoms with Crippen LogP contribution in [0.2, 0.25) is 5.02 Å². The Morgan fingerprint density at radius 3 is 2.83 bits per heavy atom. The van der Waals surface area contributed by atoms with Gasteiger partial charge in [0.2, 0.25) is 0 Å². The minimum atomic E-state index is -0.483. The molecule has 0 radical (unpaired) electrons. The van der Waals surface area contributed by atoms with E-state index in [1.807, 2.05) is 30.3 Å². The molecule has 5 rings (SSSR count). The average molecular weight is 504 g/mol. The number of carbonyl (C=O) groups is 1. The monoisotopic (exact) mass is 503 g/mol. The van der Waals surface area contributed by atoms with Crippen molar-refractivity contribution in [1.29, 1.82) is 5.26 Å². The lowest BCUT2D eigenvalue weighted by Crippen LogP contribution is -2.37. The lowest BCUT2D eigenvalue weighted by molar-refractivity contribution is 0.0903. The van der Waals surface area contributed by atoms with Crippen molar-refractivity contribution in [2.45, 2.75) is 24.9 Å². The maximum atomic E-state index is 13.4. The van der Waals surface area contributed by atoms with Crippen LogP contribution in [0.4, 0.5) is 5.82 Å². The summed E-state index contributed by atoms with van der Waals surface area (Å²) in [4.78, 5) is 22.5. The number of hydrazine groups is 1. The summed E-state index contributed by atoms with van der Waals surface area (Å²) in [6, 6.07) is 12.5. The van der Waals surface area contributed by atoms with Crippen molar-refractivity contribution in [2.24, 2.45) is 0 Å². The molecule has 3 aromatic rings. The van der Waals surface area contributed by atoms with Crippen LogP contribution in [0.15, 0.2) is 54.4 Å². The molecule has 0 bridgehead atoms. The van der Waals surface area contributed by atoms with Gasteiger partial charge in [0.25, 0.3) is 5.91 Å². The number of nitrogens with zero attached hydrogens (tertiary/aromatic N) is 4. The van der Waals surface area contributed by atoms with Gasteiger partial charge in [0, 0.05) is 50.5 Å². The minimum absolute atomic E-state index is 0.296. The van der Waals surface area contributed by atoms with Crippen LogP contribution in [0, 0.1) is 11.3 Å². The van der Waals surface area contributed by atoms with Crippen LogP contribution in [-0.4, -0.2) is 53.7 Å². The van der Waals surface area contributed by atoms with Crippen LogP contribution in [0.25, 0.3) is 10.9 Å². The Bertz CT molecular complexity index is 1360. The largest absolute Gasteiger partial charge is 0.381 e. The SMILES string of the molecule is CN1NCC=C1[C@@H](NC(=O)c1ccc2cnc(NC3CCOCC3)cc2n1)c1ccc(C#N)c(Cl)c1. The number of halogens is 1. The first kappa shape index (κ1) is 24.0. The molecule has 184 valence electrons. The number of hydrogen-bond acceptors (Lipinski definition) is 8. The molecule has 2 aliphatic heterocycles. The highest BCUT2D eigenvalue weighted by atomic mass is 35.5. The molecule has 0 aliphatic carbocycles. The normalized spacial score (nSPS) is 16.9. The van der Waals surface area contributed by atoms with Gasteiger partial charge in [0.15, 0.2) is 0 Å². The van der Waals surface area contributed by atoms with Gasteiger partial charge < -0.3 is 20.4 Å². The highest BCUT2D eigenvalue weighted by Crippen LogP contribution is 2.29. The smallest absolute Gasteiger partial charge is 0.270 e. The first-order chi connectivity index (χ1) is 17.5. The number of hydrogen-bond donors (Lipinski definition) is 3. The molecule has 1 aromatic carbocycles. The van der Waals surface area contributed by atoms with E-state index in [9.17, 15) is 10.1 Å². The van der Waals surface area contributed by atoms with Crippen molar-refractivity contribution in [3.8, 4) is 6.07 Å². The van der Waals surface area contributed by atoms with Crippen molar-refractivity contribution in [1.82, 2.24) is 25.7 Å². The van der Waals surface area contributed by atoms with Crippen molar-refractivity contribution in [3.05, 3.63) is 76.2 Å². The molecule has 4 heterocycles. The molecule has 10 heteroatoms. The fourth-order valence-corrected chi connectivity index (χ4v) is 4.67. The predicted molar refractivity (Wildman–Crippen MR) is 137 cm³/mol. The summed E-state index contributed by atoms with van der Waals surface area (Å²) >= 11 is 6.31. The fraction of sp³-hybridized carbons (Fsp3) is 0.308. The Morgan fingerprint density at radius 2 is 2.11 bits per heavy atom. The van der Waals surface area contributed by atoms with Crippen LogP contribution >= 0.6 is 11.6 Å². The average Bonchev–Trinajstić information content (AvgIpc) is 3.32. The number of amides is 1. The van der Waals surface area contributed by atoms with Crippen LogP contribution in [0.5, 0.6) is 0 Å². The number of aromatic nitrogens is 2. The zero-order valence-corrected chi connectivity index (χ0v) is 20.5. The van der Waals surface area contributed by atoms with Gasteiger partial charge in [0.1, 0.15) is 17.6 Å².